The van der Waals surface area contributed by atoms with Gasteiger partial charge < -0.3 is 18.9 Å². The van der Waals surface area contributed by atoms with Gasteiger partial charge in [-0.1, -0.05) is 193 Å². The summed E-state index contributed by atoms with van der Waals surface area (Å²) in [6.07, 6.45) is 1.41. The van der Waals surface area contributed by atoms with Gasteiger partial charge in [-0.25, -0.2) is 0 Å². The first-order valence-corrected chi connectivity index (χ1v) is 28.6. The van der Waals surface area contributed by atoms with Crippen LogP contribution in [-0.2, 0) is 29.1 Å². The number of hydrogen-bond donors (Lipinski definition) is 0. The molecular weight excluding hydrogens is 985 g/mol. The molecule has 0 saturated heterocycles. The zero-order valence-corrected chi connectivity index (χ0v) is 46.7. The number of nitrogens with zero attached hydrogens (tertiary/aromatic N) is 2. The van der Waals surface area contributed by atoms with Gasteiger partial charge in [0.05, 0.1) is 16.4 Å². The highest BCUT2D eigenvalue weighted by Crippen LogP contribution is 2.63. The van der Waals surface area contributed by atoms with Gasteiger partial charge in [-0.2, -0.15) is 0 Å². The Morgan fingerprint density at radius 2 is 0.827 bits per heavy atom. The minimum Gasteiger partial charge on any atom is -0.457 e. The molecule has 0 radical (unpaired) electrons. The maximum absolute atomic E-state index is 7.17. The fourth-order valence-corrected chi connectivity index (χ4v) is 13.5. The first-order valence-electron chi connectivity index (χ1n) is 28.6. The second-order valence-electron chi connectivity index (χ2n) is 24.4. The van der Waals surface area contributed by atoms with Crippen molar-refractivity contribution in [3.8, 4) is 50.9 Å². The molecule has 0 N–H and O–H groups in total. The third-order valence-corrected chi connectivity index (χ3v) is 17.5. The Hall–Kier alpha value is -9.38. The fourth-order valence-electron chi connectivity index (χ4n) is 13.5. The molecule has 392 valence electrons. The Morgan fingerprint density at radius 1 is 0.346 bits per heavy atom. The zero-order valence-electron chi connectivity index (χ0n) is 46.7. The van der Waals surface area contributed by atoms with Crippen molar-refractivity contribution in [3.63, 3.8) is 0 Å². The normalized spacial score (nSPS) is 13.8. The molecule has 4 nitrogen and oxygen atoms in total. The SMILES string of the molecule is CC(C)(C)c1ccc2c(c1)C1(c3cc(C(C)(C)C)ccc3O2)c2ccccc2-c2ccc(N(c3cccc(-n4c5ccccc5c5ccccc54)c3)c3ccc4c(c3)Cc3ccccc3-c3ccccc3Cc3ccccc3O4)cc21. The van der Waals surface area contributed by atoms with Crippen LogP contribution in [-0.4, -0.2) is 4.57 Å². The molecule has 0 fully saturated rings. The monoisotopic (exact) mass is 1050 g/mol. The molecule has 3 aliphatic rings. The van der Waals surface area contributed by atoms with Crippen LogP contribution in [0.4, 0.5) is 17.1 Å². The van der Waals surface area contributed by atoms with Crippen molar-refractivity contribution in [1.82, 2.24) is 4.57 Å². The third kappa shape index (κ3) is 7.79. The van der Waals surface area contributed by atoms with Gasteiger partial charge >= 0.3 is 0 Å². The van der Waals surface area contributed by atoms with E-state index in [0.717, 1.165) is 63.3 Å². The van der Waals surface area contributed by atoms with Gasteiger partial charge in [-0.05, 0) is 163 Å². The molecule has 0 atom stereocenters. The van der Waals surface area contributed by atoms with Gasteiger partial charge in [0.15, 0.2) is 0 Å². The predicted molar refractivity (Wildman–Crippen MR) is 334 cm³/mol. The highest BCUT2D eigenvalue weighted by Gasteiger charge is 2.52. The highest BCUT2D eigenvalue weighted by atomic mass is 16.5. The van der Waals surface area contributed by atoms with E-state index in [2.05, 4.69) is 294 Å². The van der Waals surface area contributed by atoms with Crippen LogP contribution >= 0.6 is 0 Å². The summed E-state index contributed by atoms with van der Waals surface area (Å²) in [5.41, 5.74) is 22.7. The summed E-state index contributed by atoms with van der Waals surface area (Å²) in [7, 11) is 0. The Labute approximate surface area is 475 Å². The van der Waals surface area contributed by atoms with Gasteiger partial charge in [-0.15, -0.1) is 0 Å². The maximum atomic E-state index is 7.17. The summed E-state index contributed by atoms with van der Waals surface area (Å²) in [6, 6.07) is 90.0. The molecule has 4 heteroatoms. The van der Waals surface area contributed by atoms with Crippen molar-refractivity contribution in [3.05, 3.63) is 298 Å². The van der Waals surface area contributed by atoms with E-state index in [0.29, 0.717) is 6.42 Å². The first kappa shape index (κ1) is 48.7. The van der Waals surface area contributed by atoms with Crippen LogP contribution in [0.1, 0.15) is 97.2 Å². The van der Waals surface area contributed by atoms with Crippen LogP contribution in [0.25, 0.3) is 49.7 Å². The van der Waals surface area contributed by atoms with Crippen LogP contribution in [0.5, 0.6) is 23.0 Å². The molecule has 0 unspecified atom stereocenters. The molecule has 0 amide bonds. The standard InChI is InChI=1S/C77H62N2O2/c1-75(2,3)53-34-39-73-67(45-53)77(68-46-54(76(4,5)6)35-40-74(68)81-73)65-30-15-12-27-61(65)62-38-36-58(48-66(62)77)78(55-23-19-24-56(47-55)79-69-31-16-13-28-63(69)64-29-14-17-32-70(64)79)57-37-41-72-52(44-57)43-50-21-8-11-26-60(50)59-25-10-7-20-49(59)42-51-22-9-18-33-71(51)80-72/h7-41,44-48H,42-43H2,1-6H3. The quantitative estimate of drug-likeness (QED) is 0.176. The lowest BCUT2D eigenvalue weighted by Crippen LogP contribution is -2.33. The first-order chi connectivity index (χ1) is 39.4. The largest absolute Gasteiger partial charge is 0.457 e. The zero-order chi connectivity index (χ0) is 54.8. The topological polar surface area (TPSA) is 26.6 Å². The number of benzene rings is 11. The molecule has 81 heavy (non-hydrogen) atoms. The lowest BCUT2D eigenvalue weighted by atomic mass is 9.64. The van der Waals surface area contributed by atoms with Crippen molar-refractivity contribution < 1.29 is 9.47 Å². The smallest absolute Gasteiger partial charge is 0.132 e. The molecule has 1 aliphatic carbocycles. The van der Waals surface area contributed by atoms with Crippen molar-refractivity contribution in [2.45, 2.75) is 70.6 Å². The van der Waals surface area contributed by atoms with E-state index in [4.69, 9.17) is 9.47 Å². The Bertz CT molecular complexity index is 4410. The van der Waals surface area contributed by atoms with Gasteiger partial charge in [-0.3, -0.25) is 0 Å². The summed E-state index contributed by atoms with van der Waals surface area (Å²) in [5.74, 6) is 3.48. The van der Waals surface area contributed by atoms with Crippen molar-refractivity contribution >= 4 is 38.9 Å². The minimum absolute atomic E-state index is 0.109. The van der Waals surface area contributed by atoms with Crippen LogP contribution < -0.4 is 14.4 Å². The van der Waals surface area contributed by atoms with E-state index in [-0.39, 0.29) is 10.8 Å². The van der Waals surface area contributed by atoms with Crippen molar-refractivity contribution in [2.75, 3.05) is 4.90 Å². The molecule has 3 heterocycles. The molecule has 1 aromatic heterocycles. The molecule has 0 saturated carbocycles. The summed E-state index contributed by atoms with van der Waals surface area (Å²) in [4.78, 5) is 2.48. The predicted octanol–water partition coefficient (Wildman–Crippen LogP) is 20.3. The number of anilines is 3. The Kier molecular flexibility index (Phi) is 11.0. The van der Waals surface area contributed by atoms with E-state index in [1.807, 2.05) is 0 Å². The average molecular weight is 1050 g/mol. The van der Waals surface area contributed by atoms with E-state index >= 15 is 0 Å². The average Bonchev–Trinajstić information content (AvgIpc) is 1.88. The van der Waals surface area contributed by atoms with Gasteiger partial charge in [0.1, 0.15) is 23.0 Å². The maximum Gasteiger partial charge on any atom is 0.132 e. The summed E-state index contributed by atoms with van der Waals surface area (Å²) < 4.78 is 16.7. The number of fused-ring (bicyclic) bond motifs is 17. The molecule has 12 aromatic rings. The number of hydrogen-bond acceptors (Lipinski definition) is 3. The number of para-hydroxylation sites is 3. The van der Waals surface area contributed by atoms with Crippen LogP contribution in [0.15, 0.2) is 243 Å². The third-order valence-electron chi connectivity index (χ3n) is 17.5. The van der Waals surface area contributed by atoms with Gasteiger partial charge in [0, 0.05) is 63.1 Å². The summed E-state index contributed by atoms with van der Waals surface area (Å²) in [5, 5.41) is 2.46. The minimum atomic E-state index is -0.716. The summed E-state index contributed by atoms with van der Waals surface area (Å²) in [6.45, 7) is 13.9. The lowest BCUT2D eigenvalue weighted by Gasteiger charge is -2.41. The van der Waals surface area contributed by atoms with Gasteiger partial charge in [0.2, 0.25) is 0 Å². The van der Waals surface area contributed by atoms with E-state index < -0.39 is 5.41 Å². The summed E-state index contributed by atoms with van der Waals surface area (Å²) >= 11 is 0. The van der Waals surface area contributed by atoms with E-state index in [1.165, 1.54) is 88.6 Å². The molecular formula is C77H62N2O2. The lowest BCUT2D eigenvalue weighted by molar-refractivity contribution is 0.433. The Morgan fingerprint density at radius 3 is 1.48 bits per heavy atom. The molecule has 2 aliphatic heterocycles. The molecule has 0 bridgehead atoms. The molecule has 11 aromatic carbocycles. The van der Waals surface area contributed by atoms with Crippen LogP contribution in [0, 0.1) is 0 Å². The molecule has 15 rings (SSSR count). The van der Waals surface area contributed by atoms with Crippen LogP contribution in [0.3, 0.4) is 0 Å². The van der Waals surface area contributed by atoms with Crippen LogP contribution in [0.2, 0.25) is 0 Å². The number of rotatable bonds is 4. The number of ether oxygens (including phenoxy) is 2. The molecule has 1 spiro atoms. The van der Waals surface area contributed by atoms with Crippen molar-refractivity contribution in [2.24, 2.45) is 0 Å². The number of aromatic nitrogens is 1. The Balaban J connectivity index is 1.00. The highest BCUT2D eigenvalue weighted by molar-refractivity contribution is 6.09. The second-order valence-corrected chi connectivity index (χ2v) is 24.4. The van der Waals surface area contributed by atoms with Crippen molar-refractivity contribution in [1.29, 1.82) is 0 Å². The van der Waals surface area contributed by atoms with E-state index in [9.17, 15) is 0 Å². The van der Waals surface area contributed by atoms with E-state index in [1.54, 1.807) is 0 Å². The fraction of sp³-hybridized carbons (Fsp3) is 0.143. The van der Waals surface area contributed by atoms with Gasteiger partial charge in [0.25, 0.3) is 0 Å². The second kappa shape index (κ2) is 18.3.